The minimum atomic E-state index is -2.99. The van der Waals surface area contributed by atoms with Gasteiger partial charge >= 0.3 is 0 Å². The average molecular weight is 232 g/mol. The van der Waals surface area contributed by atoms with Crippen molar-refractivity contribution in [2.75, 3.05) is 25.4 Å². The van der Waals surface area contributed by atoms with Crippen molar-refractivity contribution >= 4 is 10.0 Å². The Morgan fingerprint density at radius 2 is 1.80 bits per heavy atom. The van der Waals surface area contributed by atoms with Crippen LogP contribution >= 0.6 is 0 Å². The molecule has 1 heterocycles. The number of nitrogens with one attached hydrogen (secondary N) is 1. The van der Waals surface area contributed by atoms with Gasteiger partial charge in [-0.2, -0.15) is 4.31 Å². The summed E-state index contributed by atoms with van der Waals surface area (Å²) in [6, 6.07) is 0.281. The molecule has 1 saturated heterocycles. The molecule has 0 aromatic rings. The summed E-state index contributed by atoms with van der Waals surface area (Å²) in [5.74, 6) is 0.267. The van der Waals surface area contributed by atoms with Gasteiger partial charge < -0.3 is 5.32 Å². The van der Waals surface area contributed by atoms with E-state index in [0.29, 0.717) is 13.1 Å². The Morgan fingerprint density at radius 3 is 2.53 bits per heavy atom. The first-order chi connectivity index (χ1) is 7.20. The van der Waals surface area contributed by atoms with Gasteiger partial charge in [-0.15, -0.1) is 0 Å². The second-order valence-electron chi connectivity index (χ2n) is 4.47. The van der Waals surface area contributed by atoms with Crippen LogP contribution in [0.15, 0.2) is 0 Å². The summed E-state index contributed by atoms with van der Waals surface area (Å²) >= 11 is 0. The first-order valence-corrected chi connectivity index (χ1v) is 7.51. The van der Waals surface area contributed by atoms with Crippen LogP contribution in [0, 0.1) is 0 Å². The fraction of sp³-hybridized carbons (Fsp3) is 1.00. The van der Waals surface area contributed by atoms with Crippen molar-refractivity contribution < 1.29 is 8.42 Å². The minimum Gasteiger partial charge on any atom is -0.314 e. The third kappa shape index (κ3) is 2.71. The topological polar surface area (TPSA) is 49.4 Å². The highest BCUT2D eigenvalue weighted by Crippen LogP contribution is 2.24. The molecule has 1 saturated carbocycles. The molecular weight excluding hydrogens is 212 g/mol. The van der Waals surface area contributed by atoms with Crippen molar-refractivity contribution in [3.05, 3.63) is 0 Å². The molecule has 15 heavy (non-hydrogen) atoms. The van der Waals surface area contributed by atoms with E-state index in [9.17, 15) is 8.42 Å². The minimum absolute atomic E-state index is 0.267. The Hall–Kier alpha value is -0.130. The zero-order chi connectivity index (χ0) is 10.7. The smallest absolute Gasteiger partial charge is 0.215 e. The third-order valence-corrected chi connectivity index (χ3v) is 5.30. The molecule has 0 aromatic carbocycles. The number of hydrogen-bond donors (Lipinski definition) is 1. The molecule has 1 N–H and O–H groups in total. The Kier molecular flexibility index (Phi) is 3.64. The maximum Gasteiger partial charge on any atom is 0.215 e. The first kappa shape index (κ1) is 11.4. The van der Waals surface area contributed by atoms with Crippen LogP contribution in [0.4, 0.5) is 0 Å². The van der Waals surface area contributed by atoms with Gasteiger partial charge in [0.2, 0.25) is 10.0 Å². The standard InChI is InChI=1S/C10H20N2O2S/c13-15(14)9-7-11-6-8-12(15)10-4-2-1-3-5-10/h10-11H,1-9H2. The first-order valence-electron chi connectivity index (χ1n) is 5.90. The van der Waals surface area contributed by atoms with E-state index in [-0.39, 0.29) is 11.8 Å². The van der Waals surface area contributed by atoms with Crippen molar-refractivity contribution in [3.63, 3.8) is 0 Å². The van der Waals surface area contributed by atoms with Crippen LogP contribution in [-0.4, -0.2) is 44.2 Å². The lowest BCUT2D eigenvalue weighted by molar-refractivity contribution is 0.258. The zero-order valence-electron chi connectivity index (χ0n) is 9.11. The number of hydrogen-bond acceptors (Lipinski definition) is 3. The van der Waals surface area contributed by atoms with Gasteiger partial charge in [0, 0.05) is 25.7 Å². The van der Waals surface area contributed by atoms with E-state index in [0.717, 1.165) is 19.4 Å². The van der Waals surface area contributed by atoms with E-state index in [1.807, 2.05) is 0 Å². The van der Waals surface area contributed by atoms with E-state index in [2.05, 4.69) is 5.32 Å². The monoisotopic (exact) mass is 232 g/mol. The molecule has 0 bridgehead atoms. The molecule has 0 amide bonds. The summed E-state index contributed by atoms with van der Waals surface area (Å²) in [6.07, 6.45) is 5.75. The van der Waals surface area contributed by atoms with E-state index in [1.54, 1.807) is 4.31 Å². The number of sulfonamides is 1. The fourth-order valence-electron chi connectivity index (χ4n) is 2.55. The highest BCUT2D eigenvalue weighted by atomic mass is 32.2. The predicted octanol–water partition coefficient (Wildman–Crippen LogP) is 0.554. The van der Waals surface area contributed by atoms with Gasteiger partial charge in [0.25, 0.3) is 0 Å². The zero-order valence-corrected chi connectivity index (χ0v) is 9.93. The highest BCUT2D eigenvalue weighted by molar-refractivity contribution is 7.89. The molecule has 0 unspecified atom stereocenters. The van der Waals surface area contributed by atoms with Crippen molar-refractivity contribution in [2.24, 2.45) is 0 Å². The van der Waals surface area contributed by atoms with Gasteiger partial charge in [-0.3, -0.25) is 0 Å². The molecule has 1 aliphatic carbocycles. The van der Waals surface area contributed by atoms with Crippen LogP contribution in [0.25, 0.3) is 0 Å². The Morgan fingerprint density at radius 1 is 1.07 bits per heavy atom. The van der Waals surface area contributed by atoms with Crippen LogP contribution in [0.2, 0.25) is 0 Å². The molecule has 2 aliphatic rings. The normalized spacial score (nSPS) is 29.9. The van der Waals surface area contributed by atoms with E-state index in [1.165, 1.54) is 19.3 Å². The number of nitrogens with zero attached hydrogens (tertiary/aromatic N) is 1. The van der Waals surface area contributed by atoms with E-state index in [4.69, 9.17) is 0 Å². The van der Waals surface area contributed by atoms with Crippen molar-refractivity contribution in [3.8, 4) is 0 Å². The molecule has 88 valence electrons. The van der Waals surface area contributed by atoms with Crippen LogP contribution in [-0.2, 0) is 10.0 Å². The summed E-state index contributed by atoms with van der Waals surface area (Å²) < 4.78 is 25.7. The van der Waals surface area contributed by atoms with Gasteiger partial charge in [-0.1, -0.05) is 19.3 Å². The van der Waals surface area contributed by atoms with Crippen molar-refractivity contribution in [1.82, 2.24) is 9.62 Å². The molecule has 2 fully saturated rings. The lowest BCUT2D eigenvalue weighted by Crippen LogP contribution is -2.43. The van der Waals surface area contributed by atoms with Crippen molar-refractivity contribution in [2.45, 2.75) is 38.1 Å². The highest BCUT2D eigenvalue weighted by Gasteiger charge is 2.31. The molecule has 0 radical (unpaired) electrons. The summed E-state index contributed by atoms with van der Waals surface area (Å²) in [5, 5.41) is 3.15. The van der Waals surface area contributed by atoms with Gasteiger partial charge in [0.15, 0.2) is 0 Å². The Balaban J connectivity index is 2.09. The Bertz CT molecular complexity index is 297. The van der Waals surface area contributed by atoms with Gasteiger partial charge in [0.05, 0.1) is 5.75 Å². The van der Waals surface area contributed by atoms with Gasteiger partial charge in [0.1, 0.15) is 0 Å². The maximum atomic E-state index is 12.0. The summed E-state index contributed by atoms with van der Waals surface area (Å²) in [5.41, 5.74) is 0. The molecule has 2 rings (SSSR count). The summed E-state index contributed by atoms with van der Waals surface area (Å²) in [6.45, 7) is 2.06. The third-order valence-electron chi connectivity index (χ3n) is 3.39. The number of rotatable bonds is 1. The van der Waals surface area contributed by atoms with E-state index < -0.39 is 10.0 Å². The molecule has 0 spiro atoms. The maximum absolute atomic E-state index is 12.0. The molecule has 0 atom stereocenters. The Labute approximate surface area is 92.1 Å². The average Bonchev–Trinajstić information content (AvgIpc) is 2.40. The van der Waals surface area contributed by atoms with Crippen LogP contribution in [0.1, 0.15) is 32.1 Å². The van der Waals surface area contributed by atoms with E-state index >= 15 is 0 Å². The van der Waals surface area contributed by atoms with Crippen LogP contribution < -0.4 is 5.32 Å². The van der Waals surface area contributed by atoms with Crippen LogP contribution in [0.3, 0.4) is 0 Å². The molecule has 0 aromatic heterocycles. The lowest BCUT2D eigenvalue weighted by atomic mass is 9.95. The molecule has 5 heteroatoms. The summed E-state index contributed by atoms with van der Waals surface area (Å²) in [4.78, 5) is 0. The quantitative estimate of drug-likeness (QED) is 0.718. The lowest BCUT2D eigenvalue weighted by Gasteiger charge is -2.32. The molecule has 1 aliphatic heterocycles. The second-order valence-corrected chi connectivity index (χ2v) is 6.51. The SMILES string of the molecule is O=S1(=O)CCNCCN1C1CCCCC1. The van der Waals surface area contributed by atoms with Gasteiger partial charge in [-0.25, -0.2) is 8.42 Å². The van der Waals surface area contributed by atoms with Crippen molar-refractivity contribution in [1.29, 1.82) is 0 Å². The predicted molar refractivity (Wildman–Crippen MR) is 60.2 cm³/mol. The second kappa shape index (κ2) is 4.80. The van der Waals surface area contributed by atoms with Crippen LogP contribution in [0.5, 0.6) is 0 Å². The molecule has 4 nitrogen and oxygen atoms in total. The molecular formula is C10H20N2O2S. The fourth-order valence-corrected chi connectivity index (χ4v) is 4.22. The van der Waals surface area contributed by atoms with Gasteiger partial charge in [-0.05, 0) is 12.8 Å². The largest absolute Gasteiger partial charge is 0.314 e. The summed E-state index contributed by atoms with van der Waals surface area (Å²) in [7, 11) is -2.99.